The molecule has 1 spiro atoms. The summed E-state index contributed by atoms with van der Waals surface area (Å²) < 4.78 is 0. The predicted octanol–water partition coefficient (Wildman–Crippen LogP) is 2.19. The largest absolute Gasteiger partial charge is 0.393 e. The summed E-state index contributed by atoms with van der Waals surface area (Å²) in [4.78, 5) is 0. The molecule has 0 heterocycles. The lowest BCUT2D eigenvalue weighted by Crippen LogP contribution is -2.41. The minimum Gasteiger partial charge on any atom is -0.393 e. The Hall–Kier alpha value is -0.0400. The second kappa shape index (κ2) is 1.98. The molecule has 4 fully saturated rings. The van der Waals surface area contributed by atoms with Crippen LogP contribution >= 0.6 is 0 Å². The number of rotatable bonds is 0. The number of aliphatic hydroxyl groups excluding tert-OH is 1. The minimum absolute atomic E-state index is 0.0894. The normalized spacial score (nSPS) is 67.6. The average Bonchev–Trinajstić information content (AvgIpc) is 2.76. The summed E-state index contributed by atoms with van der Waals surface area (Å²) >= 11 is 0. The molecule has 6 atom stereocenters. The van der Waals surface area contributed by atoms with E-state index in [0.29, 0.717) is 5.41 Å². The van der Waals surface area contributed by atoms with Crippen molar-refractivity contribution in [1.29, 1.82) is 0 Å². The van der Waals surface area contributed by atoms with E-state index in [-0.39, 0.29) is 6.10 Å². The topological polar surface area (TPSA) is 20.2 Å². The van der Waals surface area contributed by atoms with Crippen LogP contribution in [-0.2, 0) is 0 Å². The number of aliphatic hydroxyl groups is 1. The van der Waals surface area contributed by atoms with Crippen LogP contribution in [0.5, 0.6) is 0 Å². The number of hydrogen-bond acceptors (Lipinski definition) is 1. The second-order valence-corrected chi connectivity index (χ2v) is 6.05. The zero-order valence-corrected chi connectivity index (χ0v) is 8.08. The van der Waals surface area contributed by atoms with E-state index >= 15 is 0 Å². The summed E-state index contributed by atoms with van der Waals surface area (Å²) in [7, 11) is 0. The highest BCUT2D eigenvalue weighted by atomic mass is 16.3. The molecular formula is C12H18O. The average molecular weight is 178 g/mol. The second-order valence-electron chi connectivity index (χ2n) is 6.05. The molecule has 0 saturated heterocycles. The Bertz CT molecular complexity index is 262. The van der Waals surface area contributed by atoms with Crippen LogP contribution in [0.25, 0.3) is 0 Å². The van der Waals surface area contributed by atoms with Gasteiger partial charge in [-0.2, -0.15) is 0 Å². The van der Waals surface area contributed by atoms with Gasteiger partial charge in [0.05, 0.1) is 6.10 Å². The SMILES string of the molecule is O[C@@H]1C[C@H]2C[C@H]3[C@H]4CC[C@@H](C4)[C@@]13C2. The molecule has 4 aliphatic carbocycles. The summed E-state index contributed by atoms with van der Waals surface area (Å²) in [6.07, 6.45) is 8.47. The van der Waals surface area contributed by atoms with Gasteiger partial charge in [-0.1, -0.05) is 0 Å². The van der Waals surface area contributed by atoms with Crippen molar-refractivity contribution in [3.63, 3.8) is 0 Å². The molecule has 72 valence electrons. The molecule has 0 aromatic heterocycles. The van der Waals surface area contributed by atoms with Crippen molar-refractivity contribution >= 4 is 0 Å². The van der Waals surface area contributed by atoms with Crippen molar-refractivity contribution in [2.24, 2.45) is 29.1 Å². The number of fused-ring (bicyclic) bond motifs is 4. The summed E-state index contributed by atoms with van der Waals surface area (Å²) in [5, 5.41) is 10.2. The first-order valence-electron chi connectivity index (χ1n) is 5.99. The van der Waals surface area contributed by atoms with Crippen LogP contribution in [0.15, 0.2) is 0 Å². The summed E-state index contributed by atoms with van der Waals surface area (Å²) in [6, 6.07) is 0. The first-order chi connectivity index (χ1) is 6.30. The van der Waals surface area contributed by atoms with E-state index in [4.69, 9.17) is 0 Å². The summed E-state index contributed by atoms with van der Waals surface area (Å²) in [6.45, 7) is 0. The molecule has 0 aromatic carbocycles. The van der Waals surface area contributed by atoms with Crippen molar-refractivity contribution in [2.45, 2.75) is 44.6 Å². The van der Waals surface area contributed by atoms with Crippen LogP contribution in [0.1, 0.15) is 38.5 Å². The van der Waals surface area contributed by atoms with Crippen molar-refractivity contribution < 1.29 is 5.11 Å². The Morgan fingerprint density at radius 2 is 2.00 bits per heavy atom. The van der Waals surface area contributed by atoms with Gasteiger partial charge in [-0.25, -0.2) is 0 Å². The summed E-state index contributed by atoms with van der Waals surface area (Å²) in [5.41, 5.74) is 0.452. The van der Waals surface area contributed by atoms with Gasteiger partial charge in [-0.15, -0.1) is 0 Å². The van der Waals surface area contributed by atoms with Crippen LogP contribution < -0.4 is 0 Å². The van der Waals surface area contributed by atoms with E-state index in [1.54, 1.807) is 0 Å². The fraction of sp³-hybridized carbons (Fsp3) is 1.00. The van der Waals surface area contributed by atoms with Gasteiger partial charge in [0.15, 0.2) is 0 Å². The van der Waals surface area contributed by atoms with Crippen LogP contribution in [-0.4, -0.2) is 11.2 Å². The van der Waals surface area contributed by atoms with Gasteiger partial charge in [-0.05, 0) is 62.2 Å². The van der Waals surface area contributed by atoms with Crippen LogP contribution in [0.3, 0.4) is 0 Å². The number of hydrogen-bond donors (Lipinski definition) is 1. The highest BCUT2D eigenvalue weighted by Gasteiger charge is 2.68. The fourth-order valence-electron chi connectivity index (χ4n) is 5.65. The van der Waals surface area contributed by atoms with Gasteiger partial charge < -0.3 is 5.11 Å². The van der Waals surface area contributed by atoms with Crippen LogP contribution in [0.4, 0.5) is 0 Å². The highest BCUT2D eigenvalue weighted by Crippen LogP contribution is 2.73. The van der Waals surface area contributed by atoms with Crippen molar-refractivity contribution in [1.82, 2.24) is 0 Å². The standard InChI is InChI=1S/C12H18O/c13-11-4-7-3-10-8-1-2-9(5-8)12(10,11)6-7/h7-11,13H,1-6H2/t7-,8+,9+,10+,11-,12-/m1/s1. The van der Waals surface area contributed by atoms with E-state index in [2.05, 4.69) is 0 Å². The van der Waals surface area contributed by atoms with Gasteiger partial charge in [0, 0.05) is 5.41 Å². The third-order valence-corrected chi connectivity index (χ3v) is 5.90. The quantitative estimate of drug-likeness (QED) is 0.603. The van der Waals surface area contributed by atoms with Crippen LogP contribution in [0.2, 0.25) is 0 Å². The summed E-state index contributed by atoms with van der Waals surface area (Å²) in [5.74, 6) is 3.79. The molecule has 13 heavy (non-hydrogen) atoms. The van der Waals surface area contributed by atoms with E-state index < -0.39 is 0 Å². The first-order valence-corrected chi connectivity index (χ1v) is 5.99. The molecule has 4 aliphatic rings. The Balaban J connectivity index is 1.85. The smallest absolute Gasteiger partial charge is 0.0604 e. The van der Waals surface area contributed by atoms with Crippen LogP contribution in [0, 0.1) is 29.1 Å². The van der Waals surface area contributed by atoms with Crippen molar-refractivity contribution in [3.8, 4) is 0 Å². The molecule has 4 rings (SSSR count). The van der Waals surface area contributed by atoms with Gasteiger partial charge in [0.1, 0.15) is 0 Å². The first kappa shape index (κ1) is 7.28. The molecule has 0 amide bonds. The van der Waals surface area contributed by atoms with Gasteiger partial charge >= 0.3 is 0 Å². The Kier molecular flexibility index (Phi) is 1.11. The molecule has 0 radical (unpaired) electrons. The maximum atomic E-state index is 10.2. The maximum absolute atomic E-state index is 10.2. The zero-order valence-electron chi connectivity index (χ0n) is 8.08. The molecule has 1 heteroatoms. The molecule has 0 aliphatic heterocycles. The fourth-order valence-corrected chi connectivity index (χ4v) is 5.65. The Morgan fingerprint density at radius 1 is 1.08 bits per heavy atom. The Morgan fingerprint density at radius 3 is 2.77 bits per heavy atom. The lowest BCUT2D eigenvalue weighted by Gasteiger charge is -2.42. The molecule has 4 bridgehead atoms. The molecular weight excluding hydrogens is 160 g/mol. The maximum Gasteiger partial charge on any atom is 0.0604 e. The van der Waals surface area contributed by atoms with E-state index in [1.807, 2.05) is 0 Å². The van der Waals surface area contributed by atoms with Crippen molar-refractivity contribution in [3.05, 3.63) is 0 Å². The van der Waals surface area contributed by atoms with E-state index in [0.717, 1.165) is 30.1 Å². The zero-order chi connectivity index (χ0) is 8.63. The molecule has 0 aromatic rings. The Labute approximate surface area is 79.5 Å². The third kappa shape index (κ3) is 0.614. The molecule has 1 nitrogen and oxygen atoms in total. The van der Waals surface area contributed by atoms with Gasteiger partial charge in [-0.3, -0.25) is 0 Å². The lowest BCUT2D eigenvalue weighted by atomic mass is 9.65. The van der Waals surface area contributed by atoms with E-state index in [1.165, 1.54) is 32.1 Å². The van der Waals surface area contributed by atoms with Gasteiger partial charge in [0.25, 0.3) is 0 Å². The molecule has 1 N–H and O–H groups in total. The molecule has 0 unspecified atom stereocenters. The lowest BCUT2D eigenvalue weighted by molar-refractivity contribution is -0.0344. The third-order valence-electron chi connectivity index (χ3n) is 5.90. The van der Waals surface area contributed by atoms with Gasteiger partial charge in [0.2, 0.25) is 0 Å². The predicted molar refractivity (Wildman–Crippen MR) is 50.1 cm³/mol. The molecule has 4 saturated carbocycles. The monoisotopic (exact) mass is 178 g/mol. The van der Waals surface area contributed by atoms with E-state index in [9.17, 15) is 5.11 Å². The minimum atomic E-state index is 0.0894. The highest BCUT2D eigenvalue weighted by molar-refractivity contribution is 5.17. The van der Waals surface area contributed by atoms with Crippen molar-refractivity contribution in [2.75, 3.05) is 0 Å².